The van der Waals surface area contributed by atoms with Crippen LogP contribution in [0.3, 0.4) is 0 Å². The third-order valence-corrected chi connectivity index (χ3v) is 3.25. The fraction of sp³-hybridized carbons (Fsp3) is 0.500. The topological polar surface area (TPSA) is 100 Å². The lowest BCUT2D eigenvalue weighted by Crippen LogP contribution is -2.36. The van der Waals surface area contributed by atoms with Crippen molar-refractivity contribution in [3.63, 3.8) is 0 Å². The number of amides is 2. The molecular weight excluding hydrogens is 254 g/mol. The van der Waals surface area contributed by atoms with Crippen molar-refractivity contribution in [2.45, 2.75) is 6.92 Å². The van der Waals surface area contributed by atoms with Crippen LogP contribution >= 0.6 is 11.3 Å². The molecule has 0 atom stereocenters. The van der Waals surface area contributed by atoms with E-state index in [9.17, 15) is 9.59 Å². The summed E-state index contributed by atoms with van der Waals surface area (Å²) in [5.74, 6) is -0.441. The van der Waals surface area contributed by atoms with Gasteiger partial charge in [0.2, 0.25) is 5.91 Å². The molecule has 0 aliphatic heterocycles. The summed E-state index contributed by atoms with van der Waals surface area (Å²) in [5, 5.41) is 5.73. The van der Waals surface area contributed by atoms with E-state index in [4.69, 9.17) is 5.73 Å². The van der Waals surface area contributed by atoms with E-state index in [1.54, 1.807) is 4.90 Å². The van der Waals surface area contributed by atoms with Crippen LogP contribution < -0.4 is 21.3 Å². The number of anilines is 2. The molecule has 0 aliphatic carbocycles. The molecule has 0 aliphatic rings. The van der Waals surface area contributed by atoms with E-state index in [0.29, 0.717) is 16.6 Å². The maximum Gasteiger partial charge on any atom is 0.265 e. The van der Waals surface area contributed by atoms with E-state index >= 15 is 0 Å². The number of hydrogen-bond donors (Lipinski definition) is 3. The summed E-state index contributed by atoms with van der Waals surface area (Å²) in [6, 6.07) is 0. The number of nitrogens with two attached hydrogens (primary N) is 1. The van der Waals surface area contributed by atoms with Crippen molar-refractivity contribution in [3.8, 4) is 0 Å². The van der Waals surface area contributed by atoms with Crippen molar-refractivity contribution in [3.05, 3.63) is 4.88 Å². The maximum absolute atomic E-state index is 11.8. The van der Waals surface area contributed by atoms with Crippen LogP contribution in [0, 0.1) is 0 Å². The Bertz CT molecular complexity index is 443. The normalized spacial score (nSPS) is 9.94. The van der Waals surface area contributed by atoms with Crippen LogP contribution in [0.25, 0.3) is 0 Å². The summed E-state index contributed by atoms with van der Waals surface area (Å²) in [4.78, 5) is 29.1. The van der Waals surface area contributed by atoms with Gasteiger partial charge in [0, 0.05) is 20.6 Å². The fourth-order valence-corrected chi connectivity index (χ4v) is 2.00. The Labute approximate surface area is 109 Å². The van der Waals surface area contributed by atoms with Gasteiger partial charge in [-0.2, -0.15) is 0 Å². The minimum Gasteiger partial charge on any atom is -0.382 e. The second-order valence-electron chi connectivity index (χ2n) is 3.74. The van der Waals surface area contributed by atoms with Crippen molar-refractivity contribution >= 4 is 34.1 Å². The van der Waals surface area contributed by atoms with Gasteiger partial charge in [0.15, 0.2) is 5.13 Å². The smallest absolute Gasteiger partial charge is 0.265 e. The Kier molecular flexibility index (Phi) is 4.90. The average Bonchev–Trinajstić information content (AvgIpc) is 2.69. The molecule has 1 aromatic heterocycles. The van der Waals surface area contributed by atoms with E-state index < -0.39 is 0 Å². The van der Waals surface area contributed by atoms with Crippen molar-refractivity contribution in [1.82, 2.24) is 15.6 Å². The van der Waals surface area contributed by atoms with Gasteiger partial charge >= 0.3 is 0 Å². The number of likely N-dealkylation sites (N-methyl/N-ethyl adjacent to an activating group) is 1. The van der Waals surface area contributed by atoms with Gasteiger partial charge in [-0.05, 0) is 6.92 Å². The summed E-state index contributed by atoms with van der Waals surface area (Å²) >= 11 is 1.19. The van der Waals surface area contributed by atoms with E-state index in [2.05, 4.69) is 15.6 Å². The van der Waals surface area contributed by atoms with E-state index in [0.717, 1.165) is 0 Å². The van der Waals surface area contributed by atoms with Gasteiger partial charge in [0.1, 0.15) is 10.7 Å². The molecule has 4 N–H and O–H groups in total. The Hall–Kier alpha value is -1.83. The lowest BCUT2D eigenvalue weighted by molar-refractivity contribution is -0.120. The SMILES string of the molecule is CCNC(=O)CNC(=O)c1sc(N(C)C)nc1N. The van der Waals surface area contributed by atoms with Gasteiger partial charge in [0.25, 0.3) is 5.91 Å². The van der Waals surface area contributed by atoms with Gasteiger partial charge in [-0.15, -0.1) is 0 Å². The largest absolute Gasteiger partial charge is 0.382 e. The van der Waals surface area contributed by atoms with E-state index in [1.807, 2.05) is 21.0 Å². The number of nitrogens with zero attached hydrogens (tertiary/aromatic N) is 2. The Morgan fingerprint density at radius 1 is 1.39 bits per heavy atom. The maximum atomic E-state index is 11.8. The lowest BCUT2D eigenvalue weighted by Gasteiger charge is -2.05. The molecule has 0 spiro atoms. The van der Waals surface area contributed by atoms with Crippen molar-refractivity contribution < 1.29 is 9.59 Å². The standard InChI is InChI=1S/C10H17N5O2S/c1-4-12-6(16)5-13-9(17)7-8(11)14-10(18-7)15(2)3/h4-5,11H2,1-3H3,(H,12,16)(H,13,17). The Morgan fingerprint density at radius 2 is 2.06 bits per heavy atom. The molecule has 0 radical (unpaired) electrons. The molecule has 0 aromatic carbocycles. The third kappa shape index (κ3) is 3.59. The minimum atomic E-state index is -0.385. The van der Waals surface area contributed by atoms with Gasteiger partial charge in [-0.1, -0.05) is 11.3 Å². The molecular formula is C10H17N5O2S. The highest BCUT2D eigenvalue weighted by Crippen LogP contribution is 2.26. The lowest BCUT2D eigenvalue weighted by atomic mass is 10.4. The average molecular weight is 271 g/mol. The zero-order valence-electron chi connectivity index (χ0n) is 10.6. The molecule has 2 amide bonds. The van der Waals surface area contributed by atoms with Gasteiger partial charge in [-0.25, -0.2) is 4.98 Å². The number of hydrogen-bond acceptors (Lipinski definition) is 6. The molecule has 7 nitrogen and oxygen atoms in total. The monoisotopic (exact) mass is 271 g/mol. The van der Waals surface area contributed by atoms with Crippen LogP contribution in [0.5, 0.6) is 0 Å². The first kappa shape index (κ1) is 14.2. The highest BCUT2D eigenvalue weighted by atomic mass is 32.1. The molecule has 0 fully saturated rings. The molecule has 18 heavy (non-hydrogen) atoms. The fourth-order valence-electron chi connectivity index (χ4n) is 1.17. The molecule has 0 unspecified atom stereocenters. The minimum absolute atomic E-state index is 0.0681. The number of nitrogen functional groups attached to an aromatic ring is 1. The first-order valence-electron chi connectivity index (χ1n) is 5.44. The van der Waals surface area contributed by atoms with Crippen LogP contribution in [0.4, 0.5) is 10.9 Å². The van der Waals surface area contributed by atoms with E-state index in [-0.39, 0.29) is 24.2 Å². The molecule has 1 heterocycles. The predicted molar refractivity (Wildman–Crippen MR) is 71.9 cm³/mol. The van der Waals surface area contributed by atoms with Gasteiger partial charge < -0.3 is 21.3 Å². The molecule has 0 saturated carbocycles. The molecule has 0 bridgehead atoms. The first-order chi connectivity index (χ1) is 8.45. The van der Waals surface area contributed by atoms with Crippen molar-refractivity contribution in [2.24, 2.45) is 0 Å². The predicted octanol–water partition coefficient (Wildman–Crippen LogP) is -0.343. The van der Waals surface area contributed by atoms with Crippen molar-refractivity contribution in [1.29, 1.82) is 0 Å². The van der Waals surface area contributed by atoms with Gasteiger partial charge in [0.05, 0.1) is 6.54 Å². The number of carbonyl (C=O) groups excluding carboxylic acids is 2. The molecule has 100 valence electrons. The van der Waals surface area contributed by atoms with Crippen molar-refractivity contribution in [2.75, 3.05) is 37.8 Å². The van der Waals surface area contributed by atoms with Crippen LogP contribution in [-0.4, -0.2) is 44.0 Å². The molecule has 8 heteroatoms. The molecule has 0 saturated heterocycles. The second kappa shape index (κ2) is 6.20. The summed E-state index contributed by atoms with van der Waals surface area (Å²) in [5.41, 5.74) is 5.66. The highest BCUT2D eigenvalue weighted by Gasteiger charge is 2.17. The van der Waals surface area contributed by atoms with E-state index in [1.165, 1.54) is 11.3 Å². The first-order valence-corrected chi connectivity index (χ1v) is 6.25. The number of carbonyl (C=O) groups is 2. The number of aromatic nitrogens is 1. The summed E-state index contributed by atoms with van der Waals surface area (Å²) in [6.07, 6.45) is 0. The number of thiazole rings is 1. The highest BCUT2D eigenvalue weighted by molar-refractivity contribution is 7.18. The molecule has 1 aromatic rings. The summed E-state index contributed by atoms with van der Waals surface area (Å²) in [7, 11) is 3.63. The zero-order valence-corrected chi connectivity index (χ0v) is 11.4. The Morgan fingerprint density at radius 3 is 2.56 bits per heavy atom. The second-order valence-corrected chi connectivity index (χ2v) is 4.72. The summed E-state index contributed by atoms with van der Waals surface area (Å²) in [6.45, 7) is 2.27. The van der Waals surface area contributed by atoms with Gasteiger partial charge in [-0.3, -0.25) is 9.59 Å². The van der Waals surface area contributed by atoms with Crippen LogP contribution in [0.2, 0.25) is 0 Å². The van der Waals surface area contributed by atoms with Crippen LogP contribution in [0.15, 0.2) is 0 Å². The summed E-state index contributed by atoms with van der Waals surface area (Å²) < 4.78 is 0. The molecule has 1 rings (SSSR count). The quantitative estimate of drug-likeness (QED) is 0.680. The number of rotatable bonds is 5. The number of nitrogens with one attached hydrogen (secondary N) is 2. The zero-order chi connectivity index (χ0) is 13.7. The Balaban J connectivity index is 2.64. The van der Waals surface area contributed by atoms with Crippen LogP contribution in [-0.2, 0) is 4.79 Å². The third-order valence-electron chi connectivity index (χ3n) is 2.01. The van der Waals surface area contributed by atoms with Crippen LogP contribution in [0.1, 0.15) is 16.6 Å².